The van der Waals surface area contributed by atoms with E-state index in [0.29, 0.717) is 5.75 Å². The van der Waals surface area contributed by atoms with Crippen molar-refractivity contribution in [3.63, 3.8) is 0 Å². The number of hydrogen-bond acceptors (Lipinski definition) is 6. The zero-order chi connectivity index (χ0) is 19.1. The first-order chi connectivity index (χ1) is 13.0. The molecular weight excluding hydrogens is 368 g/mol. The zero-order valence-corrected chi connectivity index (χ0v) is 14.9. The summed E-state index contributed by atoms with van der Waals surface area (Å²) in [7, 11) is -3.83. The Morgan fingerprint density at radius 3 is 2.41 bits per heavy atom. The molecule has 0 spiro atoms. The van der Waals surface area contributed by atoms with Gasteiger partial charge in [-0.2, -0.15) is 4.72 Å². The van der Waals surface area contributed by atoms with Gasteiger partial charge in [-0.05, 0) is 30.3 Å². The van der Waals surface area contributed by atoms with Crippen molar-refractivity contribution in [2.75, 3.05) is 6.67 Å². The normalized spacial score (nSPS) is 11.0. The number of rotatable bonds is 7. The number of nitrogens with zero attached hydrogens (tertiary/aromatic N) is 2. The van der Waals surface area contributed by atoms with Gasteiger partial charge >= 0.3 is 0 Å². The Labute approximate surface area is 156 Å². The molecule has 3 rings (SSSR count). The number of ether oxygens (including phenoxy) is 1. The molecule has 3 aromatic rings. The van der Waals surface area contributed by atoms with Crippen LogP contribution < -0.4 is 14.8 Å². The van der Waals surface area contributed by atoms with E-state index in [2.05, 4.69) is 20.0 Å². The minimum atomic E-state index is -3.83. The largest absolute Gasteiger partial charge is 0.439 e. The van der Waals surface area contributed by atoms with Crippen molar-refractivity contribution in [1.29, 1.82) is 0 Å². The number of nitrogens with one attached hydrogen (secondary N) is 2. The van der Waals surface area contributed by atoms with Gasteiger partial charge in [0.25, 0.3) is 5.91 Å². The second kappa shape index (κ2) is 8.39. The van der Waals surface area contributed by atoms with E-state index < -0.39 is 15.9 Å². The molecule has 27 heavy (non-hydrogen) atoms. The smallest absolute Gasteiger partial charge is 0.270 e. The van der Waals surface area contributed by atoms with Gasteiger partial charge in [-0.1, -0.05) is 24.3 Å². The zero-order valence-electron chi connectivity index (χ0n) is 14.1. The lowest BCUT2D eigenvalue weighted by atomic mass is 10.3. The van der Waals surface area contributed by atoms with Crippen molar-refractivity contribution in [3.8, 4) is 11.6 Å². The van der Waals surface area contributed by atoms with Gasteiger partial charge in [0.2, 0.25) is 15.9 Å². The average Bonchev–Trinajstić information content (AvgIpc) is 2.70. The Morgan fingerprint density at radius 2 is 1.74 bits per heavy atom. The van der Waals surface area contributed by atoms with Gasteiger partial charge in [0.05, 0.1) is 12.9 Å². The fraction of sp³-hybridized carbons (Fsp3) is 0.0556. The molecule has 0 atom stereocenters. The lowest BCUT2D eigenvalue weighted by Crippen LogP contribution is -2.37. The summed E-state index contributed by atoms with van der Waals surface area (Å²) in [6, 6.07) is 16.7. The molecule has 9 heteroatoms. The highest BCUT2D eigenvalue weighted by atomic mass is 32.2. The molecule has 2 heterocycles. The minimum absolute atomic E-state index is 0.0463. The van der Waals surface area contributed by atoms with Crippen LogP contribution in [-0.2, 0) is 10.0 Å². The van der Waals surface area contributed by atoms with Crippen molar-refractivity contribution < 1.29 is 17.9 Å². The molecule has 0 saturated carbocycles. The number of benzene rings is 1. The van der Waals surface area contributed by atoms with Crippen LogP contribution in [0.1, 0.15) is 10.5 Å². The van der Waals surface area contributed by atoms with E-state index in [-0.39, 0.29) is 23.1 Å². The summed E-state index contributed by atoms with van der Waals surface area (Å²) in [5, 5.41) is 2.43. The maximum atomic E-state index is 12.3. The van der Waals surface area contributed by atoms with Gasteiger partial charge in [0.15, 0.2) is 0 Å². The summed E-state index contributed by atoms with van der Waals surface area (Å²) >= 11 is 0. The predicted octanol–water partition coefficient (Wildman–Crippen LogP) is 1.93. The van der Waals surface area contributed by atoms with Crippen LogP contribution >= 0.6 is 0 Å². The Hall–Kier alpha value is -3.30. The molecule has 138 valence electrons. The molecule has 0 radical (unpaired) electrons. The summed E-state index contributed by atoms with van der Waals surface area (Å²) in [5.41, 5.74) is 0.195. The maximum Gasteiger partial charge on any atom is 0.270 e. The van der Waals surface area contributed by atoms with Crippen molar-refractivity contribution in [3.05, 3.63) is 78.8 Å². The first-order valence-corrected chi connectivity index (χ1v) is 9.41. The van der Waals surface area contributed by atoms with E-state index in [9.17, 15) is 13.2 Å². The van der Waals surface area contributed by atoms with E-state index in [1.165, 1.54) is 30.6 Å². The average molecular weight is 384 g/mol. The maximum absolute atomic E-state index is 12.3. The fourth-order valence-corrected chi connectivity index (χ4v) is 2.95. The van der Waals surface area contributed by atoms with Gasteiger partial charge in [0, 0.05) is 12.3 Å². The summed E-state index contributed by atoms with van der Waals surface area (Å²) in [4.78, 5) is 19.7. The third kappa shape index (κ3) is 5.09. The highest BCUT2D eigenvalue weighted by Gasteiger charge is 2.15. The number of pyridine rings is 2. The molecule has 8 nitrogen and oxygen atoms in total. The third-order valence-corrected chi connectivity index (χ3v) is 4.78. The molecule has 0 fully saturated rings. The Bertz CT molecular complexity index is 995. The van der Waals surface area contributed by atoms with Crippen LogP contribution in [0.25, 0.3) is 0 Å². The van der Waals surface area contributed by atoms with Crippen molar-refractivity contribution in [1.82, 2.24) is 20.0 Å². The summed E-state index contributed by atoms with van der Waals surface area (Å²) in [5.74, 6) is 0.377. The SMILES string of the molecule is O=C(NCNS(=O)(=O)c1ccc(Oc2ccccc2)nc1)c1ccccn1. The molecule has 0 saturated heterocycles. The highest BCUT2D eigenvalue weighted by molar-refractivity contribution is 7.89. The molecule has 0 aliphatic carbocycles. The fourth-order valence-electron chi connectivity index (χ4n) is 2.08. The number of sulfonamides is 1. The Kier molecular flexibility index (Phi) is 5.74. The summed E-state index contributed by atoms with van der Waals surface area (Å²) < 4.78 is 32.3. The second-order valence-electron chi connectivity index (χ2n) is 5.29. The minimum Gasteiger partial charge on any atom is -0.439 e. The monoisotopic (exact) mass is 384 g/mol. The summed E-state index contributed by atoms with van der Waals surface area (Å²) in [6.07, 6.45) is 2.66. The van der Waals surface area contributed by atoms with Gasteiger partial charge in [-0.3, -0.25) is 9.78 Å². The van der Waals surface area contributed by atoms with E-state index in [1.54, 1.807) is 24.3 Å². The van der Waals surface area contributed by atoms with Crippen molar-refractivity contribution in [2.24, 2.45) is 0 Å². The van der Waals surface area contributed by atoms with Crippen molar-refractivity contribution in [2.45, 2.75) is 4.90 Å². The Balaban J connectivity index is 1.57. The number of aromatic nitrogens is 2. The summed E-state index contributed by atoms with van der Waals surface area (Å²) in [6.45, 7) is -0.278. The first-order valence-electron chi connectivity index (χ1n) is 7.92. The molecule has 0 unspecified atom stereocenters. The van der Waals surface area contributed by atoms with Gasteiger partial charge < -0.3 is 10.1 Å². The van der Waals surface area contributed by atoms with E-state index in [4.69, 9.17) is 4.74 Å². The van der Waals surface area contributed by atoms with E-state index >= 15 is 0 Å². The van der Waals surface area contributed by atoms with Crippen LogP contribution in [-0.4, -0.2) is 31.0 Å². The molecule has 1 amide bonds. The number of hydrogen-bond donors (Lipinski definition) is 2. The molecule has 2 aromatic heterocycles. The molecule has 0 bridgehead atoms. The van der Waals surface area contributed by atoms with Crippen LogP contribution in [0.5, 0.6) is 11.6 Å². The van der Waals surface area contributed by atoms with Crippen LogP contribution in [0.3, 0.4) is 0 Å². The lowest BCUT2D eigenvalue weighted by molar-refractivity contribution is 0.0948. The van der Waals surface area contributed by atoms with Gasteiger partial charge in [0.1, 0.15) is 16.3 Å². The number of amides is 1. The van der Waals surface area contributed by atoms with Gasteiger partial charge in [-0.15, -0.1) is 0 Å². The number of para-hydroxylation sites is 1. The molecular formula is C18H16N4O4S. The molecule has 0 aliphatic heterocycles. The van der Waals surface area contributed by atoms with E-state index in [1.807, 2.05) is 18.2 Å². The predicted molar refractivity (Wildman–Crippen MR) is 97.6 cm³/mol. The molecule has 0 aliphatic rings. The van der Waals surface area contributed by atoms with Crippen LogP contribution in [0.4, 0.5) is 0 Å². The standard InChI is InChI=1S/C18H16N4O4S/c23-18(16-8-4-5-11-19-16)21-13-22-27(24,25)15-9-10-17(20-12-15)26-14-6-2-1-3-7-14/h1-12,22H,13H2,(H,21,23). The lowest BCUT2D eigenvalue weighted by Gasteiger charge is -2.09. The molecule has 1 aromatic carbocycles. The van der Waals surface area contributed by atoms with Crippen LogP contribution in [0.2, 0.25) is 0 Å². The van der Waals surface area contributed by atoms with Crippen LogP contribution in [0.15, 0.2) is 78.0 Å². The number of carbonyl (C=O) groups excluding carboxylic acids is 1. The molecule has 2 N–H and O–H groups in total. The number of carbonyl (C=O) groups is 1. The van der Waals surface area contributed by atoms with Gasteiger partial charge in [-0.25, -0.2) is 13.4 Å². The highest BCUT2D eigenvalue weighted by Crippen LogP contribution is 2.19. The quantitative estimate of drug-likeness (QED) is 0.602. The first kappa shape index (κ1) is 18.5. The topological polar surface area (TPSA) is 110 Å². The van der Waals surface area contributed by atoms with E-state index in [0.717, 1.165) is 0 Å². The Morgan fingerprint density at radius 1 is 0.963 bits per heavy atom. The third-order valence-electron chi connectivity index (χ3n) is 3.39. The second-order valence-corrected chi connectivity index (χ2v) is 7.06. The van der Waals surface area contributed by atoms with Crippen LogP contribution in [0, 0.1) is 0 Å². The van der Waals surface area contributed by atoms with Crippen molar-refractivity contribution >= 4 is 15.9 Å².